The molecule has 0 saturated heterocycles. The van der Waals surface area contributed by atoms with Gasteiger partial charge in [0.05, 0.1) is 0 Å². The number of hydrogen-bond donors (Lipinski definition) is 2. The van der Waals surface area contributed by atoms with Crippen molar-refractivity contribution in [2.45, 2.75) is 45.2 Å². The van der Waals surface area contributed by atoms with Gasteiger partial charge in [0.15, 0.2) is 11.5 Å². The fraction of sp³-hybridized carbons (Fsp3) is 0.600. The number of nitrogens with two attached hydrogens (primary N) is 2. The lowest BCUT2D eigenvalue weighted by atomic mass is 9.92. The summed E-state index contributed by atoms with van der Waals surface area (Å²) in [6.45, 7) is 7.31. The fourth-order valence-corrected chi connectivity index (χ4v) is 2.29. The lowest BCUT2D eigenvalue weighted by Gasteiger charge is -2.24. The van der Waals surface area contributed by atoms with Crippen LogP contribution >= 0.6 is 0 Å². The molecular formula is C15H24N2O2. The smallest absolute Gasteiger partial charge is 0.161 e. The van der Waals surface area contributed by atoms with Gasteiger partial charge in [0, 0.05) is 11.6 Å². The lowest BCUT2D eigenvalue weighted by Crippen LogP contribution is -2.33. The second-order valence-electron chi connectivity index (χ2n) is 5.99. The third-order valence-electron chi connectivity index (χ3n) is 3.43. The molecule has 1 aliphatic heterocycles. The summed E-state index contributed by atoms with van der Waals surface area (Å²) in [5, 5.41) is 0. The maximum absolute atomic E-state index is 6.28. The van der Waals surface area contributed by atoms with E-state index in [1.807, 2.05) is 26.0 Å². The van der Waals surface area contributed by atoms with E-state index in [0.29, 0.717) is 13.2 Å². The van der Waals surface area contributed by atoms with Crippen molar-refractivity contribution in [2.24, 2.45) is 11.5 Å². The van der Waals surface area contributed by atoms with Gasteiger partial charge in [0.1, 0.15) is 13.2 Å². The standard InChI is InChI=1S/C15H24N2O2/c1-10-8-13-14(19-7-6-18-13)9-11(10)12(16)4-5-15(2,3)17/h8-9,12H,4-7,16-17H2,1-3H3. The zero-order valence-electron chi connectivity index (χ0n) is 12.0. The van der Waals surface area contributed by atoms with Crippen LogP contribution in [0.5, 0.6) is 11.5 Å². The topological polar surface area (TPSA) is 70.5 Å². The molecule has 1 aliphatic rings. The van der Waals surface area contributed by atoms with Crippen molar-refractivity contribution < 1.29 is 9.47 Å². The molecule has 1 aromatic carbocycles. The first-order valence-electron chi connectivity index (χ1n) is 6.81. The molecule has 19 heavy (non-hydrogen) atoms. The second-order valence-corrected chi connectivity index (χ2v) is 5.99. The van der Waals surface area contributed by atoms with Crippen LogP contribution in [0.15, 0.2) is 12.1 Å². The van der Waals surface area contributed by atoms with E-state index in [2.05, 4.69) is 6.92 Å². The van der Waals surface area contributed by atoms with E-state index in [4.69, 9.17) is 20.9 Å². The Morgan fingerprint density at radius 2 is 1.79 bits per heavy atom. The van der Waals surface area contributed by atoms with Crippen LogP contribution in [0.2, 0.25) is 0 Å². The monoisotopic (exact) mass is 264 g/mol. The Morgan fingerprint density at radius 3 is 2.37 bits per heavy atom. The molecule has 0 aliphatic carbocycles. The molecule has 4 N–H and O–H groups in total. The Labute approximate surface area is 115 Å². The van der Waals surface area contributed by atoms with Crippen LogP contribution in [0.3, 0.4) is 0 Å². The normalized spacial score (nSPS) is 16.3. The van der Waals surface area contributed by atoms with Crippen LogP contribution in [-0.2, 0) is 0 Å². The molecule has 1 atom stereocenters. The van der Waals surface area contributed by atoms with Gasteiger partial charge in [-0.2, -0.15) is 0 Å². The summed E-state index contributed by atoms with van der Waals surface area (Å²) in [5.41, 5.74) is 14.4. The molecular weight excluding hydrogens is 240 g/mol. The highest BCUT2D eigenvalue weighted by Crippen LogP contribution is 2.35. The van der Waals surface area contributed by atoms with Crippen LogP contribution in [0.1, 0.15) is 43.9 Å². The van der Waals surface area contributed by atoms with Crippen molar-refractivity contribution in [3.05, 3.63) is 23.3 Å². The van der Waals surface area contributed by atoms with E-state index in [-0.39, 0.29) is 11.6 Å². The molecule has 2 rings (SSSR count). The summed E-state index contributed by atoms with van der Waals surface area (Å²) in [4.78, 5) is 0. The van der Waals surface area contributed by atoms with Gasteiger partial charge in [-0.15, -0.1) is 0 Å². The van der Waals surface area contributed by atoms with Gasteiger partial charge in [-0.25, -0.2) is 0 Å². The van der Waals surface area contributed by atoms with E-state index in [0.717, 1.165) is 35.5 Å². The lowest BCUT2D eigenvalue weighted by molar-refractivity contribution is 0.171. The van der Waals surface area contributed by atoms with Crippen LogP contribution in [0, 0.1) is 6.92 Å². The van der Waals surface area contributed by atoms with E-state index < -0.39 is 0 Å². The number of aryl methyl sites for hydroxylation is 1. The highest BCUT2D eigenvalue weighted by atomic mass is 16.6. The zero-order chi connectivity index (χ0) is 14.0. The third-order valence-corrected chi connectivity index (χ3v) is 3.43. The maximum atomic E-state index is 6.28. The SMILES string of the molecule is Cc1cc2c(cc1C(N)CCC(C)(C)N)OCCO2. The largest absolute Gasteiger partial charge is 0.486 e. The molecule has 4 nitrogen and oxygen atoms in total. The summed E-state index contributed by atoms with van der Waals surface area (Å²) in [5.74, 6) is 1.62. The number of rotatable bonds is 4. The first-order chi connectivity index (χ1) is 8.87. The molecule has 1 aromatic rings. The molecule has 0 radical (unpaired) electrons. The van der Waals surface area contributed by atoms with Gasteiger partial charge in [-0.3, -0.25) is 0 Å². The predicted molar refractivity (Wildman–Crippen MR) is 76.6 cm³/mol. The molecule has 0 spiro atoms. The summed E-state index contributed by atoms with van der Waals surface area (Å²) >= 11 is 0. The van der Waals surface area contributed by atoms with Crippen molar-refractivity contribution >= 4 is 0 Å². The molecule has 1 unspecified atom stereocenters. The summed E-state index contributed by atoms with van der Waals surface area (Å²) in [6.07, 6.45) is 1.76. The fourth-order valence-electron chi connectivity index (χ4n) is 2.29. The molecule has 0 aromatic heterocycles. The minimum atomic E-state index is -0.181. The van der Waals surface area contributed by atoms with E-state index in [9.17, 15) is 0 Å². The Morgan fingerprint density at radius 1 is 1.21 bits per heavy atom. The Bertz CT molecular complexity index is 452. The van der Waals surface area contributed by atoms with Crippen molar-refractivity contribution in [3.63, 3.8) is 0 Å². The molecule has 0 amide bonds. The Hall–Kier alpha value is -1.26. The quantitative estimate of drug-likeness (QED) is 0.875. The van der Waals surface area contributed by atoms with Crippen LogP contribution in [-0.4, -0.2) is 18.8 Å². The van der Waals surface area contributed by atoms with Crippen LogP contribution in [0.4, 0.5) is 0 Å². The number of hydrogen-bond acceptors (Lipinski definition) is 4. The van der Waals surface area contributed by atoms with Crippen molar-refractivity contribution in [1.29, 1.82) is 0 Å². The highest BCUT2D eigenvalue weighted by molar-refractivity contribution is 5.48. The Kier molecular flexibility index (Phi) is 4.02. The second kappa shape index (κ2) is 5.39. The molecule has 0 fully saturated rings. The first kappa shape index (κ1) is 14.2. The number of benzene rings is 1. The zero-order valence-corrected chi connectivity index (χ0v) is 12.0. The molecule has 1 heterocycles. The molecule has 4 heteroatoms. The average Bonchev–Trinajstić information content (AvgIpc) is 2.34. The highest BCUT2D eigenvalue weighted by Gasteiger charge is 2.19. The van der Waals surface area contributed by atoms with Crippen LogP contribution < -0.4 is 20.9 Å². The molecule has 0 bridgehead atoms. The van der Waals surface area contributed by atoms with E-state index in [1.54, 1.807) is 0 Å². The third kappa shape index (κ3) is 3.61. The van der Waals surface area contributed by atoms with E-state index in [1.165, 1.54) is 0 Å². The molecule has 106 valence electrons. The average molecular weight is 264 g/mol. The van der Waals surface area contributed by atoms with Crippen molar-refractivity contribution in [1.82, 2.24) is 0 Å². The van der Waals surface area contributed by atoms with Crippen LogP contribution in [0.25, 0.3) is 0 Å². The predicted octanol–water partition coefficient (Wildman–Crippen LogP) is 2.28. The van der Waals surface area contributed by atoms with Crippen molar-refractivity contribution in [3.8, 4) is 11.5 Å². The van der Waals surface area contributed by atoms with Gasteiger partial charge in [0.2, 0.25) is 0 Å². The number of ether oxygens (including phenoxy) is 2. The van der Waals surface area contributed by atoms with Gasteiger partial charge in [-0.05, 0) is 56.9 Å². The summed E-state index contributed by atoms with van der Waals surface area (Å²) in [6, 6.07) is 4.01. The van der Waals surface area contributed by atoms with Gasteiger partial charge in [-0.1, -0.05) is 0 Å². The minimum Gasteiger partial charge on any atom is -0.486 e. The van der Waals surface area contributed by atoms with Gasteiger partial charge in [0.25, 0.3) is 0 Å². The van der Waals surface area contributed by atoms with Gasteiger partial charge >= 0.3 is 0 Å². The van der Waals surface area contributed by atoms with Crippen molar-refractivity contribution in [2.75, 3.05) is 13.2 Å². The Balaban J connectivity index is 2.15. The van der Waals surface area contributed by atoms with Gasteiger partial charge < -0.3 is 20.9 Å². The minimum absolute atomic E-state index is 0.0151. The maximum Gasteiger partial charge on any atom is 0.161 e. The summed E-state index contributed by atoms with van der Waals surface area (Å²) < 4.78 is 11.2. The number of fused-ring (bicyclic) bond motifs is 1. The summed E-state index contributed by atoms with van der Waals surface area (Å²) in [7, 11) is 0. The first-order valence-corrected chi connectivity index (χ1v) is 6.81. The molecule has 0 saturated carbocycles. The van der Waals surface area contributed by atoms with E-state index >= 15 is 0 Å².